The third-order valence-corrected chi connectivity index (χ3v) is 8.13. The minimum Gasteiger partial charge on any atom is -0.350 e. The van der Waals surface area contributed by atoms with Crippen molar-refractivity contribution in [3.63, 3.8) is 0 Å². The van der Waals surface area contributed by atoms with Crippen LogP contribution in [0.3, 0.4) is 0 Å². The zero-order valence-corrected chi connectivity index (χ0v) is 19.0. The van der Waals surface area contributed by atoms with E-state index in [1.54, 1.807) is 34.8 Å². The normalized spacial score (nSPS) is 15.9. The number of nitrogens with zero attached hydrogens (tertiary/aromatic N) is 2. The molecule has 1 fully saturated rings. The summed E-state index contributed by atoms with van der Waals surface area (Å²) in [7, 11) is -3.50. The van der Waals surface area contributed by atoms with Crippen molar-refractivity contribution >= 4 is 38.4 Å². The maximum Gasteiger partial charge on any atom is 0.243 e. The highest BCUT2D eigenvalue weighted by Crippen LogP contribution is 2.26. The molecule has 0 atom stereocenters. The highest BCUT2D eigenvalue weighted by atomic mass is 35.5. The topological polar surface area (TPSA) is 71.4 Å². The molecule has 8 heteroatoms. The molecular formula is C23H26ClN3O3S. The number of carbonyl (C=O) groups is 1. The Hall–Kier alpha value is -2.35. The van der Waals surface area contributed by atoms with E-state index in [0.29, 0.717) is 35.5 Å². The Labute approximate surface area is 187 Å². The number of aromatic nitrogens is 1. The van der Waals surface area contributed by atoms with Crippen molar-refractivity contribution in [2.24, 2.45) is 5.92 Å². The lowest BCUT2D eigenvalue weighted by Crippen LogP contribution is -2.37. The van der Waals surface area contributed by atoms with Crippen LogP contribution in [-0.2, 0) is 27.9 Å². The van der Waals surface area contributed by atoms with Crippen molar-refractivity contribution in [3.8, 4) is 0 Å². The minimum atomic E-state index is -3.50. The second-order valence-electron chi connectivity index (χ2n) is 8.12. The number of amides is 1. The Morgan fingerprint density at radius 3 is 2.61 bits per heavy atom. The molecule has 164 valence electrons. The van der Waals surface area contributed by atoms with Crippen molar-refractivity contribution in [2.75, 3.05) is 13.1 Å². The van der Waals surface area contributed by atoms with Crippen molar-refractivity contribution in [1.82, 2.24) is 14.2 Å². The second kappa shape index (κ2) is 9.02. The Kier molecular flexibility index (Phi) is 6.36. The van der Waals surface area contributed by atoms with Crippen LogP contribution in [0.5, 0.6) is 0 Å². The first-order chi connectivity index (χ1) is 14.8. The Morgan fingerprint density at radius 2 is 1.87 bits per heavy atom. The number of benzene rings is 2. The highest BCUT2D eigenvalue weighted by molar-refractivity contribution is 7.89. The van der Waals surface area contributed by atoms with Crippen molar-refractivity contribution < 1.29 is 13.2 Å². The molecular weight excluding hydrogens is 434 g/mol. The van der Waals surface area contributed by atoms with Gasteiger partial charge < -0.3 is 9.88 Å². The van der Waals surface area contributed by atoms with Crippen LogP contribution in [-0.4, -0.2) is 36.3 Å². The average Bonchev–Trinajstić information content (AvgIpc) is 3.15. The Balaban J connectivity index is 1.46. The van der Waals surface area contributed by atoms with Gasteiger partial charge in [-0.15, -0.1) is 0 Å². The molecule has 0 aliphatic carbocycles. The van der Waals surface area contributed by atoms with Crippen LogP contribution in [0, 0.1) is 5.92 Å². The molecule has 1 aliphatic rings. The fourth-order valence-corrected chi connectivity index (χ4v) is 5.61. The highest BCUT2D eigenvalue weighted by Gasteiger charge is 2.28. The number of rotatable bonds is 6. The van der Waals surface area contributed by atoms with Crippen LogP contribution in [0.4, 0.5) is 0 Å². The van der Waals surface area contributed by atoms with Crippen LogP contribution in [0.2, 0.25) is 5.02 Å². The minimum absolute atomic E-state index is 0.142. The van der Waals surface area contributed by atoms with Gasteiger partial charge in [0.15, 0.2) is 0 Å². The summed E-state index contributed by atoms with van der Waals surface area (Å²) in [6.45, 7) is 3.78. The quantitative estimate of drug-likeness (QED) is 0.604. The molecule has 31 heavy (non-hydrogen) atoms. The molecule has 2 aromatic carbocycles. The summed E-state index contributed by atoms with van der Waals surface area (Å²) in [6, 6.07) is 14.3. The molecule has 0 radical (unpaired) electrons. The van der Waals surface area contributed by atoms with Crippen molar-refractivity contribution in [2.45, 2.75) is 37.8 Å². The number of hydrogen-bond acceptors (Lipinski definition) is 3. The zero-order chi connectivity index (χ0) is 22.0. The maximum atomic E-state index is 13.0. The fourth-order valence-electron chi connectivity index (χ4n) is 3.90. The van der Waals surface area contributed by atoms with Gasteiger partial charge in [-0.05, 0) is 54.7 Å². The fraction of sp³-hybridized carbons (Fsp3) is 0.348. The lowest BCUT2D eigenvalue weighted by molar-refractivity contribution is -0.121. The van der Waals surface area contributed by atoms with E-state index >= 15 is 0 Å². The smallest absolute Gasteiger partial charge is 0.243 e. The molecule has 3 aromatic rings. The van der Waals surface area contributed by atoms with Gasteiger partial charge in [0.25, 0.3) is 0 Å². The summed E-state index contributed by atoms with van der Waals surface area (Å²) in [5.74, 6) is 0.420. The summed E-state index contributed by atoms with van der Waals surface area (Å²) < 4.78 is 29.4. The predicted octanol–water partition coefficient (Wildman–Crippen LogP) is 4.03. The van der Waals surface area contributed by atoms with E-state index in [2.05, 4.69) is 12.2 Å². The van der Waals surface area contributed by atoms with E-state index in [-0.39, 0.29) is 12.5 Å². The number of carbonyl (C=O) groups excluding carboxylic acids is 1. The van der Waals surface area contributed by atoms with Crippen molar-refractivity contribution in [1.29, 1.82) is 0 Å². The lowest BCUT2D eigenvalue weighted by Gasteiger charge is -2.29. The van der Waals surface area contributed by atoms with E-state index in [9.17, 15) is 13.2 Å². The summed E-state index contributed by atoms with van der Waals surface area (Å²) >= 11 is 6.13. The second-order valence-corrected chi connectivity index (χ2v) is 10.5. The van der Waals surface area contributed by atoms with Crippen LogP contribution in [0.25, 0.3) is 10.9 Å². The SMILES string of the molecule is CC1CCN(S(=O)(=O)c2ccc3c(ccn3CC(=O)NCc3ccccc3Cl)c2)CC1. The number of hydrogen-bond donors (Lipinski definition) is 1. The predicted molar refractivity (Wildman–Crippen MR) is 122 cm³/mol. The van der Waals surface area contributed by atoms with E-state index in [1.807, 2.05) is 28.8 Å². The van der Waals surface area contributed by atoms with Gasteiger partial charge in [-0.1, -0.05) is 36.7 Å². The van der Waals surface area contributed by atoms with Gasteiger partial charge in [0, 0.05) is 41.8 Å². The lowest BCUT2D eigenvalue weighted by atomic mass is 10.0. The van der Waals surface area contributed by atoms with E-state index in [0.717, 1.165) is 29.3 Å². The van der Waals surface area contributed by atoms with Gasteiger partial charge in [-0.2, -0.15) is 4.31 Å². The number of piperidine rings is 1. The maximum absolute atomic E-state index is 13.0. The molecule has 0 spiro atoms. The first-order valence-electron chi connectivity index (χ1n) is 10.4. The average molecular weight is 460 g/mol. The number of nitrogens with one attached hydrogen (secondary N) is 1. The summed E-state index contributed by atoms with van der Waals surface area (Å²) in [5, 5.41) is 4.29. The van der Waals surface area contributed by atoms with Gasteiger partial charge in [-0.3, -0.25) is 4.79 Å². The number of sulfonamides is 1. The molecule has 0 bridgehead atoms. The zero-order valence-electron chi connectivity index (χ0n) is 17.4. The van der Waals surface area contributed by atoms with Crippen molar-refractivity contribution in [3.05, 3.63) is 65.3 Å². The molecule has 1 aliphatic heterocycles. The van der Waals surface area contributed by atoms with Gasteiger partial charge in [0.1, 0.15) is 6.54 Å². The standard InChI is InChI=1S/C23H26ClN3O3S/c1-17-8-12-27(13-9-17)31(29,30)20-6-7-22-18(14-20)10-11-26(22)16-23(28)25-15-19-4-2-3-5-21(19)24/h2-7,10-11,14,17H,8-9,12-13,15-16H2,1H3,(H,25,28). The summed E-state index contributed by atoms with van der Waals surface area (Å²) in [4.78, 5) is 12.7. The van der Waals surface area contributed by atoms with Gasteiger partial charge in [0.2, 0.25) is 15.9 Å². The third kappa shape index (κ3) is 4.79. The molecule has 4 rings (SSSR count). The van der Waals surface area contributed by atoms with Crippen LogP contribution >= 0.6 is 11.6 Å². The van der Waals surface area contributed by atoms with Crippen LogP contribution in [0.1, 0.15) is 25.3 Å². The van der Waals surface area contributed by atoms with Crippen LogP contribution < -0.4 is 5.32 Å². The van der Waals surface area contributed by atoms with Crippen LogP contribution in [0.15, 0.2) is 59.6 Å². The van der Waals surface area contributed by atoms with Gasteiger partial charge >= 0.3 is 0 Å². The molecule has 6 nitrogen and oxygen atoms in total. The van der Waals surface area contributed by atoms with Gasteiger partial charge in [0.05, 0.1) is 4.90 Å². The number of halogens is 1. The van der Waals surface area contributed by atoms with Gasteiger partial charge in [-0.25, -0.2) is 8.42 Å². The summed E-state index contributed by atoms with van der Waals surface area (Å²) in [5.41, 5.74) is 1.68. The molecule has 1 amide bonds. The largest absolute Gasteiger partial charge is 0.350 e. The molecule has 0 saturated carbocycles. The molecule has 2 heterocycles. The number of fused-ring (bicyclic) bond motifs is 1. The Bertz CT molecular complexity index is 1200. The monoisotopic (exact) mass is 459 g/mol. The molecule has 1 aromatic heterocycles. The molecule has 0 unspecified atom stereocenters. The van der Waals surface area contributed by atoms with E-state index in [4.69, 9.17) is 11.6 Å². The first kappa shape index (κ1) is 21.9. The molecule has 1 N–H and O–H groups in total. The van der Waals surface area contributed by atoms with E-state index in [1.165, 1.54) is 0 Å². The third-order valence-electron chi connectivity index (χ3n) is 5.87. The Morgan fingerprint density at radius 1 is 1.13 bits per heavy atom. The first-order valence-corrected chi connectivity index (χ1v) is 12.3. The van der Waals surface area contributed by atoms with E-state index < -0.39 is 10.0 Å². The molecule has 1 saturated heterocycles. The summed E-state index contributed by atoms with van der Waals surface area (Å²) in [6.07, 6.45) is 3.58.